The fraction of sp³-hybridized carbons (Fsp3) is 0.458. The molecule has 0 aromatic heterocycles. The molecule has 3 unspecified atom stereocenters. The fourth-order valence-corrected chi connectivity index (χ4v) is 4.05. The van der Waals surface area contributed by atoms with Crippen molar-refractivity contribution < 1.29 is 33.2 Å². The molecule has 0 bridgehead atoms. The molecule has 1 aliphatic rings. The summed E-state index contributed by atoms with van der Waals surface area (Å²) < 4.78 is 33.2. The van der Waals surface area contributed by atoms with Gasteiger partial charge >= 0.3 is 5.97 Å². The molecule has 0 saturated carbocycles. The molecule has 3 atom stereocenters. The van der Waals surface area contributed by atoms with Gasteiger partial charge in [-0.3, -0.25) is 4.79 Å². The highest BCUT2D eigenvalue weighted by atomic mass is 16.5. The number of carbonyl (C=O) groups is 1. The average Bonchev–Trinajstić information content (AvgIpc) is 3.19. The number of rotatable bonds is 9. The fourth-order valence-electron chi connectivity index (χ4n) is 4.05. The van der Waals surface area contributed by atoms with Crippen LogP contribution >= 0.6 is 0 Å². The van der Waals surface area contributed by atoms with Crippen molar-refractivity contribution in [1.29, 1.82) is 0 Å². The summed E-state index contributed by atoms with van der Waals surface area (Å²) in [4.78, 5) is 11.5. The first-order valence-electron chi connectivity index (χ1n) is 10.2. The highest BCUT2D eigenvalue weighted by Gasteiger charge is 2.39. The van der Waals surface area contributed by atoms with Crippen molar-refractivity contribution in [3.05, 3.63) is 47.5 Å². The molecule has 0 spiro atoms. The minimum absolute atomic E-state index is 0.00454. The zero-order valence-corrected chi connectivity index (χ0v) is 18.7. The summed E-state index contributed by atoms with van der Waals surface area (Å²) in [5.74, 6) is 2.52. The van der Waals surface area contributed by atoms with Crippen LogP contribution in [0.5, 0.6) is 23.0 Å². The van der Waals surface area contributed by atoms with Gasteiger partial charge in [0.2, 0.25) is 0 Å². The van der Waals surface area contributed by atoms with Gasteiger partial charge in [0.25, 0.3) is 0 Å². The number of hydrogen-bond donors (Lipinski definition) is 0. The van der Waals surface area contributed by atoms with Gasteiger partial charge in [-0.05, 0) is 47.7 Å². The van der Waals surface area contributed by atoms with Crippen LogP contribution < -0.4 is 18.9 Å². The topological polar surface area (TPSA) is 72.5 Å². The van der Waals surface area contributed by atoms with Gasteiger partial charge in [-0.2, -0.15) is 0 Å². The molecule has 1 heterocycles. The number of esters is 1. The lowest BCUT2D eigenvalue weighted by Gasteiger charge is -2.24. The van der Waals surface area contributed by atoms with Crippen LogP contribution in [-0.2, 0) is 20.7 Å². The molecule has 1 fully saturated rings. The van der Waals surface area contributed by atoms with E-state index in [1.807, 2.05) is 36.4 Å². The van der Waals surface area contributed by atoms with Crippen molar-refractivity contribution in [2.24, 2.45) is 11.8 Å². The van der Waals surface area contributed by atoms with Gasteiger partial charge in [0.1, 0.15) is 0 Å². The van der Waals surface area contributed by atoms with Crippen LogP contribution in [0.15, 0.2) is 36.4 Å². The second-order valence-corrected chi connectivity index (χ2v) is 7.49. The molecule has 2 aromatic carbocycles. The second kappa shape index (κ2) is 10.4. The third-order valence-electron chi connectivity index (χ3n) is 5.65. The SMILES string of the molecule is COc1ccc(CC2COC(c3ccc(OC)c(OC)c3)C2COC(C)=O)cc1OC. The maximum atomic E-state index is 11.5. The molecular formula is C24H30O7. The first-order valence-corrected chi connectivity index (χ1v) is 10.2. The molecular weight excluding hydrogens is 400 g/mol. The summed E-state index contributed by atoms with van der Waals surface area (Å²) in [7, 11) is 6.45. The van der Waals surface area contributed by atoms with Gasteiger partial charge < -0.3 is 28.4 Å². The Kier molecular flexibility index (Phi) is 7.63. The average molecular weight is 430 g/mol. The Bertz CT molecular complexity index is 895. The van der Waals surface area contributed by atoms with Crippen molar-refractivity contribution in [3.8, 4) is 23.0 Å². The monoisotopic (exact) mass is 430 g/mol. The Balaban J connectivity index is 1.85. The van der Waals surface area contributed by atoms with Gasteiger partial charge in [-0.1, -0.05) is 12.1 Å². The van der Waals surface area contributed by atoms with Gasteiger partial charge in [0.15, 0.2) is 23.0 Å². The van der Waals surface area contributed by atoms with E-state index in [2.05, 4.69) is 0 Å². The molecule has 7 heteroatoms. The number of methoxy groups -OCH3 is 4. The van der Waals surface area contributed by atoms with E-state index in [9.17, 15) is 4.79 Å². The van der Waals surface area contributed by atoms with Crippen LogP contribution in [-0.4, -0.2) is 47.6 Å². The molecule has 0 N–H and O–H groups in total. The lowest BCUT2D eigenvalue weighted by molar-refractivity contribution is -0.143. The molecule has 0 amide bonds. The Morgan fingerprint density at radius 1 is 0.903 bits per heavy atom. The number of benzene rings is 2. The third kappa shape index (κ3) is 5.22. The van der Waals surface area contributed by atoms with E-state index in [-0.39, 0.29) is 30.5 Å². The van der Waals surface area contributed by atoms with E-state index in [4.69, 9.17) is 28.4 Å². The molecule has 1 saturated heterocycles. The van der Waals surface area contributed by atoms with Crippen molar-refractivity contribution >= 4 is 5.97 Å². The minimum atomic E-state index is -0.303. The first kappa shape index (κ1) is 22.7. The van der Waals surface area contributed by atoms with Crippen molar-refractivity contribution in [2.75, 3.05) is 41.7 Å². The largest absolute Gasteiger partial charge is 0.493 e. The maximum Gasteiger partial charge on any atom is 0.302 e. The molecule has 31 heavy (non-hydrogen) atoms. The van der Waals surface area contributed by atoms with Crippen LogP contribution in [0.3, 0.4) is 0 Å². The summed E-state index contributed by atoms with van der Waals surface area (Å²) in [5, 5.41) is 0. The maximum absolute atomic E-state index is 11.5. The molecule has 3 rings (SSSR count). The van der Waals surface area contributed by atoms with Crippen LogP contribution in [0.1, 0.15) is 24.2 Å². The van der Waals surface area contributed by atoms with E-state index >= 15 is 0 Å². The summed E-state index contributed by atoms with van der Waals surface area (Å²) in [6.07, 6.45) is 0.542. The number of ether oxygens (including phenoxy) is 6. The van der Waals surface area contributed by atoms with Crippen LogP contribution in [0.2, 0.25) is 0 Å². The molecule has 7 nitrogen and oxygen atoms in total. The van der Waals surface area contributed by atoms with Crippen LogP contribution in [0.25, 0.3) is 0 Å². The van der Waals surface area contributed by atoms with Gasteiger partial charge in [0.05, 0.1) is 47.8 Å². The summed E-state index contributed by atoms with van der Waals surface area (Å²) in [5.41, 5.74) is 2.07. The number of hydrogen-bond acceptors (Lipinski definition) is 7. The van der Waals surface area contributed by atoms with Crippen molar-refractivity contribution in [2.45, 2.75) is 19.4 Å². The van der Waals surface area contributed by atoms with E-state index in [1.165, 1.54) is 6.92 Å². The summed E-state index contributed by atoms with van der Waals surface area (Å²) >= 11 is 0. The Labute approximate surface area is 183 Å². The smallest absolute Gasteiger partial charge is 0.302 e. The zero-order chi connectivity index (χ0) is 22.4. The molecule has 0 radical (unpaired) electrons. The minimum Gasteiger partial charge on any atom is -0.493 e. The lowest BCUT2D eigenvalue weighted by Crippen LogP contribution is -2.24. The molecule has 2 aromatic rings. The van der Waals surface area contributed by atoms with E-state index in [0.29, 0.717) is 29.6 Å². The van der Waals surface area contributed by atoms with E-state index < -0.39 is 0 Å². The second-order valence-electron chi connectivity index (χ2n) is 7.49. The van der Waals surface area contributed by atoms with E-state index in [0.717, 1.165) is 17.5 Å². The Hall–Kier alpha value is -2.93. The van der Waals surface area contributed by atoms with Gasteiger partial charge in [-0.15, -0.1) is 0 Å². The predicted molar refractivity (Wildman–Crippen MR) is 115 cm³/mol. The van der Waals surface area contributed by atoms with Gasteiger partial charge in [-0.25, -0.2) is 0 Å². The highest BCUT2D eigenvalue weighted by Crippen LogP contribution is 2.43. The van der Waals surface area contributed by atoms with Crippen LogP contribution in [0.4, 0.5) is 0 Å². The van der Waals surface area contributed by atoms with E-state index in [1.54, 1.807) is 28.4 Å². The third-order valence-corrected chi connectivity index (χ3v) is 5.65. The Morgan fingerprint density at radius 2 is 1.52 bits per heavy atom. The van der Waals surface area contributed by atoms with Crippen molar-refractivity contribution in [3.63, 3.8) is 0 Å². The highest BCUT2D eigenvalue weighted by molar-refractivity contribution is 5.65. The van der Waals surface area contributed by atoms with Crippen molar-refractivity contribution in [1.82, 2.24) is 0 Å². The molecule has 1 aliphatic heterocycles. The van der Waals surface area contributed by atoms with Gasteiger partial charge in [0, 0.05) is 12.8 Å². The molecule has 168 valence electrons. The standard InChI is InChI=1S/C24H30O7/c1-15(25)30-14-19-18(10-16-6-8-20(26-2)22(11-16)28-4)13-31-24(19)17-7-9-21(27-3)23(12-17)29-5/h6-9,11-12,18-19,24H,10,13-14H2,1-5H3. The lowest BCUT2D eigenvalue weighted by atomic mass is 9.84. The normalized spacial score (nSPS) is 20.2. The zero-order valence-electron chi connectivity index (χ0n) is 18.7. The summed E-state index contributed by atoms with van der Waals surface area (Å²) in [6, 6.07) is 11.6. The quantitative estimate of drug-likeness (QED) is 0.560. The summed E-state index contributed by atoms with van der Waals surface area (Å²) in [6.45, 7) is 2.26. The Morgan fingerprint density at radius 3 is 2.13 bits per heavy atom. The predicted octanol–water partition coefficient (Wildman–Crippen LogP) is 3.83. The first-order chi connectivity index (χ1) is 15.0. The van der Waals surface area contributed by atoms with Crippen LogP contribution in [0, 0.1) is 11.8 Å². The number of carbonyl (C=O) groups excluding carboxylic acids is 1. The molecule has 0 aliphatic carbocycles.